The summed E-state index contributed by atoms with van der Waals surface area (Å²) in [5.74, 6) is -0.664. The Balaban J connectivity index is 0.00000300. The molecule has 0 N–H and O–H groups in total. The summed E-state index contributed by atoms with van der Waals surface area (Å²) in [5, 5.41) is 0.472. The Morgan fingerprint density at radius 1 is 1.03 bits per heavy atom. The van der Waals surface area contributed by atoms with Crippen molar-refractivity contribution < 1.29 is 14.0 Å². The molecule has 8 heteroatoms. The van der Waals surface area contributed by atoms with E-state index in [0.29, 0.717) is 27.5 Å². The number of Topliss-reactive ketones (excluding diaryl/α,β-unsaturated/α-hetero) is 1. The van der Waals surface area contributed by atoms with E-state index >= 15 is 0 Å². The van der Waals surface area contributed by atoms with Gasteiger partial charge in [0.1, 0.15) is 11.3 Å². The van der Waals surface area contributed by atoms with E-state index in [1.807, 2.05) is 19.0 Å². The number of halogens is 2. The Morgan fingerprint density at radius 2 is 1.69 bits per heavy atom. The van der Waals surface area contributed by atoms with E-state index in [1.165, 1.54) is 24.3 Å². The van der Waals surface area contributed by atoms with Crippen LogP contribution in [0.2, 0.25) is 0 Å². The minimum atomic E-state index is -0.397. The number of anilines is 1. The summed E-state index contributed by atoms with van der Waals surface area (Å²) in [7, 11) is 3.94. The molecule has 0 spiro atoms. The first kappa shape index (κ1) is 22.9. The fourth-order valence-electron chi connectivity index (χ4n) is 2.85. The molecule has 154 valence electrons. The van der Waals surface area contributed by atoms with Crippen molar-refractivity contribution in [2.45, 2.75) is 13.3 Å². The Kier molecular flexibility index (Phi) is 7.84. The van der Waals surface area contributed by atoms with E-state index in [-0.39, 0.29) is 29.6 Å². The van der Waals surface area contributed by atoms with Crippen molar-refractivity contribution in [1.29, 1.82) is 0 Å². The molecule has 0 aliphatic heterocycles. The minimum Gasteiger partial charge on any atom is -0.309 e. The first-order valence-corrected chi connectivity index (χ1v) is 9.81. The second-order valence-corrected chi connectivity index (χ2v) is 7.84. The summed E-state index contributed by atoms with van der Waals surface area (Å²) in [5.41, 5.74) is 1.30. The number of benzene rings is 2. The number of hydrogen-bond donors (Lipinski definition) is 0. The lowest BCUT2D eigenvalue weighted by atomic mass is 10.1. The average molecular weight is 436 g/mol. The standard InChI is InChI=1S/C21H22FN3O2S.ClH/c1-14(26)15-8-10-16(11-9-15)20(27)25(13-5-12-24(2)3)21-23-19-17(22)6-4-7-18(19)28-21;/h4,6-11H,5,12-13H2,1-3H3;1H. The molecule has 1 heterocycles. The van der Waals surface area contributed by atoms with Crippen LogP contribution in [0, 0.1) is 5.82 Å². The van der Waals surface area contributed by atoms with Crippen molar-refractivity contribution in [3.63, 3.8) is 0 Å². The fraction of sp³-hybridized carbons (Fsp3) is 0.286. The van der Waals surface area contributed by atoms with Gasteiger partial charge in [-0.3, -0.25) is 14.5 Å². The molecule has 0 saturated carbocycles. The number of fused-ring (bicyclic) bond motifs is 1. The van der Waals surface area contributed by atoms with Crippen molar-refractivity contribution >= 4 is 50.8 Å². The van der Waals surface area contributed by atoms with Gasteiger partial charge in [0, 0.05) is 17.7 Å². The summed E-state index contributed by atoms with van der Waals surface area (Å²) in [6, 6.07) is 11.4. The molecule has 0 atom stereocenters. The van der Waals surface area contributed by atoms with Crippen LogP contribution < -0.4 is 4.90 Å². The van der Waals surface area contributed by atoms with Gasteiger partial charge in [-0.15, -0.1) is 12.4 Å². The number of para-hydroxylation sites is 1. The molecule has 3 rings (SSSR count). The second kappa shape index (κ2) is 9.91. The van der Waals surface area contributed by atoms with Gasteiger partial charge >= 0.3 is 0 Å². The quantitative estimate of drug-likeness (QED) is 0.506. The van der Waals surface area contributed by atoms with Crippen LogP contribution in [-0.4, -0.2) is 48.8 Å². The maximum atomic E-state index is 14.1. The Labute approximate surface area is 179 Å². The van der Waals surface area contributed by atoms with E-state index in [2.05, 4.69) is 4.98 Å². The lowest BCUT2D eigenvalue weighted by Gasteiger charge is -2.21. The lowest BCUT2D eigenvalue weighted by Crippen LogP contribution is -2.33. The molecule has 3 aromatic rings. The van der Waals surface area contributed by atoms with Crippen molar-refractivity contribution in [3.05, 3.63) is 59.4 Å². The van der Waals surface area contributed by atoms with Crippen molar-refractivity contribution in [2.75, 3.05) is 32.1 Å². The number of carbonyl (C=O) groups excluding carboxylic acids is 2. The highest BCUT2D eigenvalue weighted by molar-refractivity contribution is 7.22. The number of aromatic nitrogens is 1. The van der Waals surface area contributed by atoms with E-state index < -0.39 is 5.82 Å². The Hall–Kier alpha value is -2.35. The van der Waals surface area contributed by atoms with Crippen LogP contribution in [0.25, 0.3) is 10.2 Å². The Bertz CT molecular complexity index is 1000. The number of ketones is 1. The molecule has 0 saturated heterocycles. The third-order valence-electron chi connectivity index (χ3n) is 4.36. The predicted octanol–water partition coefficient (Wildman–Crippen LogP) is 4.66. The van der Waals surface area contributed by atoms with E-state index in [0.717, 1.165) is 13.0 Å². The van der Waals surface area contributed by atoms with Crippen LogP contribution in [0.1, 0.15) is 34.1 Å². The molecule has 0 aliphatic rings. The van der Waals surface area contributed by atoms with E-state index in [1.54, 1.807) is 41.3 Å². The highest BCUT2D eigenvalue weighted by atomic mass is 35.5. The van der Waals surface area contributed by atoms with E-state index in [4.69, 9.17) is 0 Å². The van der Waals surface area contributed by atoms with Crippen molar-refractivity contribution in [2.24, 2.45) is 0 Å². The fourth-order valence-corrected chi connectivity index (χ4v) is 3.86. The van der Waals surface area contributed by atoms with Crippen LogP contribution in [0.5, 0.6) is 0 Å². The number of hydrogen-bond acceptors (Lipinski definition) is 5. The third-order valence-corrected chi connectivity index (χ3v) is 5.40. The molecule has 0 unspecified atom stereocenters. The molecule has 1 amide bonds. The summed E-state index contributed by atoms with van der Waals surface area (Å²) in [6.45, 7) is 2.76. The summed E-state index contributed by atoms with van der Waals surface area (Å²) < 4.78 is 14.8. The van der Waals surface area contributed by atoms with E-state index in [9.17, 15) is 14.0 Å². The number of amides is 1. The van der Waals surface area contributed by atoms with Gasteiger partial charge in [0.2, 0.25) is 0 Å². The van der Waals surface area contributed by atoms with Gasteiger partial charge in [0.15, 0.2) is 10.9 Å². The van der Waals surface area contributed by atoms with Gasteiger partial charge in [-0.05, 0) is 58.3 Å². The maximum absolute atomic E-state index is 14.1. The number of nitrogens with zero attached hydrogens (tertiary/aromatic N) is 3. The SMILES string of the molecule is CC(=O)c1ccc(C(=O)N(CCCN(C)C)c2nc3c(F)cccc3s2)cc1.Cl. The summed E-state index contributed by atoms with van der Waals surface area (Å²) in [4.78, 5) is 32.7. The highest BCUT2D eigenvalue weighted by Gasteiger charge is 2.22. The Morgan fingerprint density at radius 3 is 2.28 bits per heavy atom. The largest absolute Gasteiger partial charge is 0.309 e. The topological polar surface area (TPSA) is 53.5 Å². The molecule has 0 radical (unpaired) electrons. The van der Waals surface area contributed by atoms with Gasteiger partial charge in [-0.25, -0.2) is 9.37 Å². The van der Waals surface area contributed by atoms with Crippen LogP contribution in [-0.2, 0) is 0 Å². The van der Waals surface area contributed by atoms with Gasteiger partial charge in [0.25, 0.3) is 5.91 Å². The van der Waals surface area contributed by atoms with Gasteiger partial charge in [0.05, 0.1) is 4.70 Å². The zero-order valence-corrected chi connectivity index (χ0v) is 18.1. The number of carbonyl (C=O) groups is 2. The lowest BCUT2D eigenvalue weighted by molar-refractivity contribution is 0.0981. The zero-order valence-electron chi connectivity index (χ0n) is 16.5. The molecule has 5 nitrogen and oxygen atoms in total. The molecular weight excluding hydrogens is 413 g/mol. The van der Waals surface area contributed by atoms with Crippen molar-refractivity contribution in [1.82, 2.24) is 9.88 Å². The molecule has 0 fully saturated rings. The maximum Gasteiger partial charge on any atom is 0.260 e. The average Bonchev–Trinajstić information content (AvgIpc) is 3.10. The number of rotatable bonds is 7. The first-order chi connectivity index (χ1) is 13.4. The summed E-state index contributed by atoms with van der Waals surface area (Å²) in [6.07, 6.45) is 0.753. The first-order valence-electron chi connectivity index (χ1n) is 8.99. The smallest absolute Gasteiger partial charge is 0.260 e. The number of thiazole rings is 1. The van der Waals surface area contributed by atoms with Gasteiger partial charge in [-0.2, -0.15) is 0 Å². The zero-order chi connectivity index (χ0) is 20.3. The molecule has 2 aromatic carbocycles. The van der Waals surface area contributed by atoms with Gasteiger partial charge < -0.3 is 4.90 Å². The predicted molar refractivity (Wildman–Crippen MR) is 118 cm³/mol. The normalized spacial score (nSPS) is 10.8. The molecule has 1 aromatic heterocycles. The molecule has 29 heavy (non-hydrogen) atoms. The monoisotopic (exact) mass is 435 g/mol. The summed E-state index contributed by atoms with van der Waals surface area (Å²) >= 11 is 1.30. The molecule has 0 bridgehead atoms. The van der Waals surface area contributed by atoms with Gasteiger partial charge in [-0.1, -0.05) is 29.5 Å². The van der Waals surface area contributed by atoms with Crippen LogP contribution >= 0.6 is 23.7 Å². The molecular formula is C21H23ClFN3O2S. The third kappa shape index (κ3) is 5.38. The second-order valence-electron chi connectivity index (χ2n) is 6.83. The minimum absolute atomic E-state index is 0. The van der Waals surface area contributed by atoms with Crippen LogP contribution in [0.4, 0.5) is 9.52 Å². The van der Waals surface area contributed by atoms with Crippen molar-refractivity contribution in [3.8, 4) is 0 Å². The molecule has 0 aliphatic carbocycles. The van der Waals surface area contributed by atoms with Crippen LogP contribution in [0.3, 0.4) is 0 Å². The van der Waals surface area contributed by atoms with Crippen LogP contribution in [0.15, 0.2) is 42.5 Å². The highest BCUT2D eigenvalue weighted by Crippen LogP contribution is 2.31.